The second-order valence-corrected chi connectivity index (χ2v) is 10.5. The van der Waals surface area contributed by atoms with Crippen LogP contribution in [0.5, 0.6) is 11.5 Å². The Morgan fingerprint density at radius 1 is 1.07 bits per heavy atom. The molecule has 1 aliphatic heterocycles. The number of nitrogens with zero attached hydrogens (tertiary/aromatic N) is 4. The number of carbonyl (C=O) groups is 1. The van der Waals surface area contributed by atoms with Gasteiger partial charge in [-0.15, -0.1) is 0 Å². The number of ether oxygens (including phenoxy) is 2. The highest BCUT2D eigenvalue weighted by atomic mass is 35.5. The van der Waals surface area contributed by atoms with Gasteiger partial charge in [-0.1, -0.05) is 59.3 Å². The van der Waals surface area contributed by atoms with Gasteiger partial charge in [-0.2, -0.15) is 0 Å². The van der Waals surface area contributed by atoms with Crippen molar-refractivity contribution in [3.8, 4) is 11.5 Å². The highest BCUT2D eigenvalue weighted by Gasteiger charge is 2.34. The van der Waals surface area contributed by atoms with Crippen molar-refractivity contribution in [1.29, 1.82) is 0 Å². The Labute approximate surface area is 251 Å². The summed E-state index contributed by atoms with van der Waals surface area (Å²) in [5, 5.41) is 23.1. The zero-order valence-corrected chi connectivity index (χ0v) is 24.1. The Bertz CT molecular complexity index is 2020. The summed E-state index contributed by atoms with van der Waals surface area (Å²) in [5.41, 5.74) is -0.0314. The molecule has 2 heterocycles. The van der Waals surface area contributed by atoms with E-state index in [1.165, 1.54) is 4.57 Å². The van der Waals surface area contributed by atoms with Crippen LogP contribution < -0.4 is 19.6 Å². The number of esters is 1. The predicted octanol–water partition coefficient (Wildman–Crippen LogP) is 5.06. The largest absolute Gasteiger partial charge is 0.463 e. The van der Waals surface area contributed by atoms with Gasteiger partial charge in [0.1, 0.15) is 11.8 Å². The third kappa shape index (κ3) is 5.67. The van der Waals surface area contributed by atoms with E-state index in [1.54, 1.807) is 68.5 Å². The minimum absolute atomic E-state index is 0.124. The van der Waals surface area contributed by atoms with Gasteiger partial charge >= 0.3 is 11.7 Å². The molecule has 4 aromatic rings. The molecule has 0 spiro atoms. The maximum Gasteiger partial charge on any atom is 0.338 e. The van der Waals surface area contributed by atoms with E-state index < -0.39 is 38.8 Å². The van der Waals surface area contributed by atoms with E-state index in [0.717, 1.165) is 29.5 Å². The number of benzene rings is 3. The van der Waals surface area contributed by atoms with Gasteiger partial charge in [0.2, 0.25) is 5.75 Å². The van der Waals surface area contributed by atoms with Crippen LogP contribution >= 0.6 is 22.9 Å². The van der Waals surface area contributed by atoms with E-state index >= 15 is 0 Å². The summed E-state index contributed by atoms with van der Waals surface area (Å²) in [6.07, 6.45) is 1.55. The van der Waals surface area contributed by atoms with Crippen molar-refractivity contribution in [2.75, 3.05) is 6.61 Å². The van der Waals surface area contributed by atoms with Crippen LogP contribution in [-0.2, 0) is 9.53 Å². The SMILES string of the molecule is CCOC(=O)C1=C(C)N=c2s/c(=C/c3ccccc3Oc3ccc([N+](=O)[O-])cc3[N+](=O)[O-])c(=O)n2[C@H]1c1ccccc1Cl. The van der Waals surface area contributed by atoms with Crippen LogP contribution in [0.25, 0.3) is 6.08 Å². The number of para-hydroxylation sites is 1. The molecular formula is C29H21ClN4O8S. The first-order valence-corrected chi connectivity index (χ1v) is 13.9. The van der Waals surface area contributed by atoms with Crippen LogP contribution in [0.3, 0.4) is 0 Å². The minimum Gasteiger partial charge on any atom is -0.463 e. The van der Waals surface area contributed by atoms with Gasteiger partial charge in [0.15, 0.2) is 4.80 Å². The third-order valence-corrected chi connectivity index (χ3v) is 7.82. The molecule has 3 aromatic carbocycles. The van der Waals surface area contributed by atoms with Gasteiger partial charge < -0.3 is 9.47 Å². The average Bonchev–Trinajstić information content (AvgIpc) is 3.27. The number of rotatable bonds is 8. The second kappa shape index (κ2) is 12.0. The summed E-state index contributed by atoms with van der Waals surface area (Å²) in [4.78, 5) is 53.1. The molecule has 1 aliphatic rings. The van der Waals surface area contributed by atoms with Crippen molar-refractivity contribution in [2.45, 2.75) is 19.9 Å². The van der Waals surface area contributed by atoms with Crippen molar-refractivity contribution in [3.63, 3.8) is 0 Å². The Hall–Kier alpha value is -5.14. The Balaban J connectivity index is 1.65. The quantitative estimate of drug-likeness (QED) is 0.150. The van der Waals surface area contributed by atoms with E-state index in [1.807, 2.05) is 0 Å². The molecule has 1 atom stereocenters. The summed E-state index contributed by atoms with van der Waals surface area (Å²) < 4.78 is 12.8. The molecule has 0 aliphatic carbocycles. The molecule has 0 radical (unpaired) electrons. The number of hydrogen-bond donors (Lipinski definition) is 0. The molecule has 12 nitrogen and oxygen atoms in total. The Kier molecular flexibility index (Phi) is 8.19. The minimum atomic E-state index is -0.902. The number of thiazole rings is 1. The zero-order valence-electron chi connectivity index (χ0n) is 22.6. The normalized spacial score (nSPS) is 14.6. The summed E-state index contributed by atoms with van der Waals surface area (Å²) in [6.45, 7) is 3.46. The maximum atomic E-state index is 13.9. The smallest absolute Gasteiger partial charge is 0.338 e. The number of allylic oxidation sites excluding steroid dienone is 1. The first-order chi connectivity index (χ1) is 20.6. The molecular weight excluding hydrogens is 600 g/mol. The van der Waals surface area contributed by atoms with Crippen LogP contribution in [0.4, 0.5) is 11.4 Å². The van der Waals surface area contributed by atoms with Crippen molar-refractivity contribution >= 4 is 46.4 Å². The van der Waals surface area contributed by atoms with Crippen molar-refractivity contribution in [1.82, 2.24) is 4.57 Å². The Morgan fingerprint density at radius 3 is 2.49 bits per heavy atom. The van der Waals surface area contributed by atoms with Crippen LogP contribution in [-0.4, -0.2) is 27.0 Å². The van der Waals surface area contributed by atoms with Gasteiger partial charge in [-0.25, -0.2) is 9.79 Å². The molecule has 0 saturated heterocycles. The molecule has 0 bridgehead atoms. The number of fused-ring (bicyclic) bond motifs is 1. The van der Waals surface area contributed by atoms with Crippen molar-refractivity contribution in [3.05, 3.63) is 134 Å². The number of hydrogen-bond acceptors (Lipinski definition) is 10. The molecule has 43 heavy (non-hydrogen) atoms. The van der Waals surface area contributed by atoms with Gasteiger partial charge in [-0.05, 0) is 43.7 Å². The molecule has 0 saturated carbocycles. The fourth-order valence-electron chi connectivity index (χ4n) is 4.58. The number of nitro groups is 2. The van der Waals surface area contributed by atoms with Gasteiger partial charge in [-0.3, -0.25) is 29.6 Å². The lowest BCUT2D eigenvalue weighted by molar-refractivity contribution is -0.394. The number of halogens is 1. The standard InChI is InChI=1S/C29H21ClN4O8S/c1-3-41-28(36)25-16(2)31-29-32(26(25)19-9-5-6-10-20(19)30)27(35)24(43-29)14-17-8-4-7-11-22(17)42-23-13-12-18(33(37)38)15-21(23)34(39)40/h4-15,26H,3H2,1-2H3/b24-14+/t26-/m0/s1. The lowest BCUT2D eigenvalue weighted by Gasteiger charge is -2.25. The monoisotopic (exact) mass is 620 g/mol. The molecule has 0 N–H and O–H groups in total. The van der Waals surface area contributed by atoms with E-state index in [4.69, 9.17) is 21.1 Å². The van der Waals surface area contributed by atoms with E-state index in [0.29, 0.717) is 26.6 Å². The molecule has 0 amide bonds. The number of aromatic nitrogens is 1. The molecule has 0 fully saturated rings. The molecule has 5 rings (SSSR count). The highest BCUT2D eigenvalue weighted by Crippen LogP contribution is 2.36. The van der Waals surface area contributed by atoms with E-state index in [2.05, 4.69) is 4.99 Å². The third-order valence-electron chi connectivity index (χ3n) is 6.49. The topological polar surface area (TPSA) is 156 Å². The van der Waals surface area contributed by atoms with E-state index in [9.17, 15) is 29.8 Å². The van der Waals surface area contributed by atoms with Crippen LogP contribution in [0.15, 0.2) is 87.8 Å². The summed E-state index contributed by atoms with van der Waals surface area (Å²) >= 11 is 7.62. The predicted molar refractivity (Wildman–Crippen MR) is 158 cm³/mol. The van der Waals surface area contributed by atoms with Crippen molar-refractivity contribution < 1.29 is 24.1 Å². The first kappa shape index (κ1) is 29.4. The summed E-state index contributed by atoms with van der Waals surface area (Å²) in [5.74, 6) is -0.672. The molecule has 14 heteroatoms. The van der Waals surface area contributed by atoms with E-state index in [-0.39, 0.29) is 28.2 Å². The number of nitro benzene ring substituents is 2. The van der Waals surface area contributed by atoms with Crippen LogP contribution in [0, 0.1) is 20.2 Å². The molecule has 1 aromatic heterocycles. The summed E-state index contributed by atoms with van der Waals surface area (Å²) in [6, 6.07) is 15.5. The Morgan fingerprint density at radius 2 is 1.79 bits per heavy atom. The zero-order chi connectivity index (χ0) is 30.8. The van der Waals surface area contributed by atoms with Crippen LogP contribution in [0.1, 0.15) is 31.0 Å². The van der Waals surface area contributed by atoms with Crippen LogP contribution in [0.2, 0.25) is 5.02 Å². The lowest BCUT2D eigenvalue weighted by atomic mass is 9.96. The van der Waals surface area contributed by atoms with Gasteiger partial charge in [0.05, 0.1) is 38.3 Å². The second-order valence-electron chi connectivity index (χ2n) is 9.13. The molecule has 218 valence electrons. The molecule has 0 unspecified atom stereocenters. The number of carbonyl (C=O) groups excluding carboxylic acids is 1. The average molecular weight is 621 g/mol. The fraction of sp³-hybridized carbons (Fsp3) is 0.138. The summed E-state index contributed by atoms with van der Waals surface area (Å²) in [7, 11) is 0. The van der Waals surface area contributed by atoms with Crippen molar-refractivity contribution in [2.24, 2.45) is 4.99 Å². The fourth-order valence-corrected chi connectivity index (χ4v) is 5.86. The first-order valence-electron chi connectivity index (χ1n) is 12.7. The maximum absolute atomic E-state index is 13.9. The highest BCUT2D eigenvalue weighted by molar-refractivity contribution is 7.07. The van der Waals surface area contributed by atoms with Gasteiger partial charge in [0, 0.05) is 16.7 Å². The lowest BCUT2D eigenvalue weighted by Crippen LogP contribution is -2.40. The number of non-ortho nitro benzene ring substituents is 1. The van der Waals surface area contributed by atoms with Gasteiger partial charge in [0.25, 0.3) is 11.2 Å².